The number of carbonyl (C=O) groups excluding carboxylic acids is 2. The SMILES string of the molecule is CCCCCCCCCCCCCC.CCCCCCCCCCCCCC(=O)OCNCOC=O. The molecule has 5 heteroatoms. The van der Waals surface area contributed by atoms with Crippen LogP contribution < -0.4 is 5.32 Å². The van der Waals surface area contributed by atoms with Crippen molar-refractivity contribution in [3.05, 3.63) is 0 Å². The first-order chi connectivity index (χ1) is 17.7. The number of esters is 1. The monoisotopic (exact) mass is 513 g/mol. The summed E-state index contributed by atoms with van der Waals surface area (Å²) in [7, 11) is 0. The van der Waals surface area contributed by atoms with Crippen LogP contribution in [-0.4, -0.2) is 25.9 Å². The number of rotatable bonds is 28. The zero-order chi connectivity index (χ0) is 26.8. The van der Waals surface area contributed by atoms with Crippen molar-refractivity contribution in [2.24, 2.45) is 0 Å². The molecule has 0 saturated heterocycles. The zero-order valence-electron chi connectivity index (χ0n) is 24.6. The van der Waals surface area contributed by atoms with E-state index in [-0.39, 0.29) is 19.4 Å². The summed E-state index contributed by atoms with van der Waals surface area (Å²) in [6.45, 7) is 7.32. The number of nitrogens with one attached hydrogen (secondary N) is 1. The predicted molar refractivity (Wildman–Crippen MR) is 154 cm³/mol. The first kappa shape index (κ1) is 37.1. The summed E-state index contributed by atoms with van der Waals surface area (Å²) >= 11 is 0. The second-order valence-corrected chi connectivity index (χ2v) is 10.1. The Hall–Kier alpha value is -1.10. The molecule has 216 valence electrons. The van der Waals surface area contributed by atoms with Crippen LogP contribution in [0.25, 0.3) is 0 Å². The summed E-state index contributed by atoms with van der Waals surface area (Å²) in [6.07, 6.45) is 31.8. The molecule has 0 aromatic carbocycles. The zero-order valence-corrected chi connectivity index (χ0v) is 24.6. The maximum absolute atomic E-state index is 11.4. The molecule has 5 nitrogen and oxygen atoms in total. The molecule has 0 bridgehead atoms. The Morgan fingerprint density at radius 3 is 1.19 bits per heavy atom. The number of ether oxygens (including phenoxy) is 2. The molecule has 0 aromatic heterocycles. The Labute approximate surface area is 225 Å². The van der Waals surface area contributed by atoms with Crippen LogP contribution in [0.4, 0.5) is 0 Å². The van der Waals surface area contributed by atoms with E-state index in [1.54, 1.807) is 0 Å². The van der Waals surface area contributed by atoms with Gasteiger partial charge >= 0.3 is 5.97 Å². The van der Waals surface area contributed by atoms with E-state index in [1.165, 1.54) is 135 Å². The van der Waals surface area contributed by atoms with Crippen LogP contribution in [0.3, 0.4) is 0 Å². The standard InChI is InChI=1S/C17H33NO4.C14H30/c1-2-3-4-5-6-7-8-9-10-11-12-13-17(20)22-15-18-14-21-16-19;1-3-5-7-9-11-13-14-12-10-8-6-4-2/h16,18H,2-15H2,1H3;3-14H2,1-2H3. The van der Waals surface area contributed by atoms with Crippen molar-refractivity contribution in [2.45, 2.75) is 175 Å². The predicted octanol–water partition coefficient (Wildman–Crippen LogP) is 9.62. The Morgan fingerprint density at radius 1 is 0.528 bits per heavy atom. The molecule has 36 heavy (non-hydrogen) atoms. The molecule has 0 atom stereocenters. The number of hydrogen-bond acceptors (Lipinski definition) is 5. The highest BCUT2D eigenvalue weighted by atomic mass is 16.6. The minimum atomic E-state index is -0.200. The molecule has 0 amide bonds. The summed E-state index contributed by atoms with van der Waals surface area (Å²) in [6, 6.07) is 0. The lowest BCUT2D eigenvalue weighted by atomic mass is 10.1. The van der Waals surface area contributed by atoms with Gasteiger partial charge in [-0.15, -0.1) is 0 Å². The van der Waals surface area contributed by atoms with Gasteiger partial charge in [-0.25, -0.2) is 0 Å². The van der Waals surface area contributed by atoms with Crippen LogP contribution in [0, 0.1) is 0 Å². The van der Waals surface area contributed by atoms with Crippen molar-refractivity contribution in [1.82, 2.24) is 5.32 Å². The highest BCUT2D eigenvalue weighted by Crippen LogP contribution is 2.13. The van der Waals surface area contributed by atoms with Crippen LogP contribution in [0.5, 0.6) is 0 Å². The van der Waals surface area contributed by atoms with Gasteiger partial charge in [0.05, 0.1) is 0 Å². The number of unbranched alkanes of at least 4 members (excludes halogenated alkanes) is 21. The Balaban J connectivity index is 0. The van der Waals surface area contributed by atoms with Crippen molar-refractivity contribution >= 4 is 12.4 Å². The van der Waals surface area contributed by atoms with Gasteiger partial charge in [0.2, 0.25) is 0 Å². The van der Waals surface area contributed by atoms with Crippen molar-refractivity contribution in [3.63, 3.8) is 0 Å². The molecular weight excluding hydrogens is 450 g/mol. The fourth-order valence-electron chi connectivity index (χ4n) is 4.19. The smallest absolute Gasteiger partial charge is 0.307 e. The third-order valence-corrected chi connectivity index (χ3v) is 6.53. The lowest BCUT2D eigenvalue weighted by molar-refractivity contribution is -0.145. The summed E-state index contributed by atoms with van der Waals surface area (Å²) < 4.78 is 9.34. The highest BCUT2D eigenvalue weighted by Gasteiger charge is 2.02. The van der Waals surface area contributed by atoms with Crippen LogP contribution >= 0.6 is 0 Å². The fourth-order valence-corrected chi connectivity index (χ4v) is 4.19. The van der Waals surface area contributed by atoms with Crippen molar-refractivity contribution in [3.8, 4) is 0 Å². The minimum absolute atomic E-state index is 0.0647. The van der Waals surface area contributed by atoms with Crippen molar-refractivity contribution < 1.29 is 19.1 Å². The average molecular weight is 514 g/mol. The van der Waals surface area contributed by atoms with E-state index >= 15 is 0 Å². The molecule has 0 rings (SSSR count). The quantitative estimate of drug-likeness (QED) is 0.0488. The Morgan fingerprint density at radius 2 is 0.861 bits per heavy atom. The summed E-state index contributed by atoms with van der Waals surface area (Å²) in [5, 5.41) is 2.66. The molecule has 0 unspecified atom stereocenters. The molecule has 0 heterocycles. The van der Waals surface area contributed by atoms with Gasteiger partial charge < -0.3 is 9.47 Å². The molecule has 0 radical (unpaired) electrons. The molecule has 0 aliphatic rings. The van der Waals surface area contributed by atoms with Gasteiger partial charge in [0.25, 0.3) is 6.47 Å². The van der Waals surface area contributed by atoms with Gasteiger partial charge in [0.1, 0.15) is 13.5 Å². The second kappa shape index (κ2) is 36.1. The van der Waals surface area contributed by atoms with Gasteiger partial charge in [-0.2, -0.15) is 0 Å². The first-order valence-corrected chi connectivity index (χ1v) is 15.6. The number of hydrogen-bond donors (Lipinski definition) is 1. The number of carbonyl (C=O) groups is 2. The van der Waals surface area contributed by atoms with Crippen molar-refractivity contribution in [1.29, 1.82) is 0 Å². The van der Waals surface area contributed by atoms with E-state index in [9.17, 15) is 9.59 Å². The van der Waals surface area contributed by atoms with Crippen LogP contribution in [0.1, 0.15) is 175 Å². The Bertz CT molecular complexity index is 405. The molecule has 0 aromatic rings. The fraction of sp³-hybridized carbons (Fsp3) is 0.935. The van der Waals surface area contributed by atoms with Gasteiger partial charge in [-0.3, -0.25) is 14.9 Å². The molecule has 0 aliphatic carbocycles. The lowest BCUT2D eigenvalue weighted by Crippen LogP contribution is -2.23. The van der Waals surface area contributed by atoms with E-state index in [2.05, 4.69) is 30.8 Å². The third-order valence-electron chi connectivity index (χ3n) is 6.53. The van der Waals surface area contributed by atoms with Crippen LogP contribution in [0.2, 0.25) is 0 Å². The summed E-state index contributed by atoms with van der Waals surface area (Å²) in [4.78, 5) is 21.2. The van der Waals surface area contributed by atoms with E-state index in [0.717, 1.165) is 12.8 Å². The molecule has 1 N–H and O–H groups in total. The molecule has 0 fully saturated rings. The van der Waals surface area contributed by atoms with Crippen LogP contribution in [-0.2, 0) is 19.1 Å². The van der Waals surface area contributed by atoms with E-state index < -0.39 is 0 Å². The third kappa shape index (κ3) is 37.4. The van der Waals surface area contributed by atoms with Gasteiger partial charge in [-0.1, -0.05) is 162 Å². The molecular formula is C31H63NO4. The average Bonchev–Trinajstić information content (AvgIpc) is 2.88. The molecule has 0 saturated carbocycles. The highest BCUT2D eigenvalue weighted by molar-refractivity contribution is 5.69. The summed E-state index contributed by atoms with van der Waals surface area (Å²) in [5.74, 6) is -0.200. The largest absolute Gasteiger partial charge is 0.452 e. The van der Waals surface area contributed by atoms with E-state index in [4.69, 9.17) is 4.74 Å². The van der Waals surface area contributed by atoms with Gasteiger partial charge in [-0.05, 0) is 6.42 Å². The van der Waals surface area contributed by atoms with E-state index in [1.807, 2.05) is 0 Å². The maximum atomic E-state index is 11.4. The molecule has 0 aliphatic heterocycles. The normalized spacial score (nSPS) is 10.5. The van der Waals surface area contributed by atoms with Gasteiger partial charge in [0.15, 0.2) is 0 Å². The Kier molecular flexibility index (Phi) is 37.1. The second-order valence-electron chi connectivity index (χ2n) is 10.1. The topological polar surface area (TPSA) is 64.6 Å². The minimum Gasteiger partial charge on any atom is -0.452 e. The maximum Gasteiger partial charge on any atom is 0.307 e. The first-order valence-electron chi connectivity index (χ1n) is 15.6. The van der Waals surface area contributed by atoms with Gasteiger partial charge in [0, 0.05) is 6.42 Å². The van der Waals surface area contributed by atoms with Crippen molar-refractivity contribution in [2.75, 3.05) is 13.5 Å². The van der Waals surface area contributed by atoms with E-state index in [0.29, 0.717) is 12.9 Å². The molecule has 0 spiro atoms. The van der Waals surface area contributed by atoms with Crippen LogP contribution in [0.15, 0.2) is 0 Å². The lowest BCUT2D eigenvalue weighted by Gasteiger charge is -2.05. The summed E-state index contributed by atoms with van der Waals surface area (Å²) in [5.41, 5.74) is 0.